The molecule has 4 heteroatoms. The Morgan fingerprint density at radius 1 is 1.42 bits per heavy atom. The molecule has 0 amide bonds. The van der Waals surface area contributed by atoms with Crippen LogP contribution in [0.4, 0.5) is 0 Å². The molecule has 19 heavy (non-hydrogen) atoms. The maximum absolute atomic E-state index is 10.9. The average Bonchev–Trinajstić information content (AvgIpc) is 2.43. The first-order chi connectivity index (χ1) is 9.12. The number of rotatable bonds is 3. The lowest BCUT2D eigenvalue weighted by Gasteiger charge is -2.56. The van der Waals surface area contributed by atoms with Gasteiger partial charge in [-0.15, -0.1) is 0 Å². The van der Waals surface area contributed by atoms with Crippen LogP contribution in [0.2, 0.25) is 0 Å². The zero-order valence-corrected chi connectivity index (χ0v) is 11.3. The minimum atomic E-state index is -0.768. The highest BCUT2D eigenvalue weighted by molar-refractivity contribution is 5.37. The molecule has 0 bridgehead atoms. The van der Waals surface area contributed by atoms with Crippen molar-refractivity contribution >= 4 is 0 Å². The Balaban J connectivity index is 1.86. The molecule has 1 unspecified atom stereocenters. The molecular formula is C15H21NO3. The summed E-state index contributed by atoms with van der Waals surface area (Å²) in [5, 5.41) is 10.9. The molecule has 3 N–H and O–H groups in total. The van der Waals surface area contributed by atoms with Crippen molar-refractivity contribution in [3.63, 3.8) is 0 Å². The van der Waals surface area contributed by atoms with Crippen molar-refractivity contribution < 1.29 is 14.6 Å². The lowest BCUT2D eigenvalue weighted by atomic mass is 9.57. The topological polar surface area (TPSA) is 64.7 Å². The number of ether oxygens (including phenoxy) is 2. The second kappa shape index (κ2) is 4.47. The largest absolute Gasteiger partial charge is 0.493 e. The van der Waals surface area contributed by atoms with Crippen LogP contribution in [0.5, 0.6) is 5.75 Å². The van der Waals surface area contributed by atoms with Gasteiger partial charge in [0.2, 0.25) is 0 Å². The zero-order valence-electron chi connectivity index (χ0n) is 11.3. The number of fused-ring (bicyclic) bond motifs is 1. The summed E-state index contributed by atoms with van der Waals surface area (Å²) in [6.45, 7) is 0.904. The van der Waals surface area contributed by atoms with Crippen molar-refractivity contribution in [3.05, 3.63) is 29.8 Å². The quantitative estimate of drug-likeness (QED) is 0.857. The van der Waals surface area contributed by atoms with Gasteiger partial charge in [-0.3, -0.25) is 0 Å². The normalized spacial score (nSPS) is 37.1. The first-order valence-corrected chi connectivity index (χ1v) is 6.78. The molecule has 3 rings (SSSR count). The molecule has 0 aromatic heterocycles. The van der Waals surface area contributed by atoms with E-state index < -0.39 is 11.0 Å². The molecule has 104 valence electrons. The van der Waals surface area contributed by atoms with Crippen molar-refractivity contribution in [1.29, 1.82) is 0 Å². The van der Waals surface area contributed by atoms with E-state index in [0.717, 1.165) is 17.7 Å². The van der Waals surface area contributed by atoms with Gasteiger partial charge in [0.25, 0.3) is 0 Å². The molecule has 0 spiro atoms. The molecule has 4 nitrogen and oxygen atoms in total. The molecular weight excluding hydrogens is 242 g/mol. The van der Waals surface area contributed by atoms with Crippen molar-refractivity contribution in [2.45, 2.75) is 31.0 Å². The minimum Gasteiger partial charge on any atom is -0.493 e. The number of hydrogen-bond donors (Lipinski definition) is 2. The van der Waals surface area contributed by atoms with Crippen LogP contribution >= 0.6 is 0 Å². The third-order valence-corrected chi connectivity index (χ3v) is 4.85. The second-order valence-electron chi connectivity index (χ2n) is 5.86. The van der Waals surface area contributed by atoms with E-state index in [1.165, 1.54) is 0 Å². The SMILES string of the molecule is COC1CC(O)(C2(CN)COc3ccccc3C2)C1. The van der Waals surface area contributed by atoms with Crippen LogP contribution in [-0.4, -0.2) is 37.1 Å². The van der Waals surface area contributed by atoms with Crippen LogP contribution in [0.25, 0.3) is 0 Å². The Hall–Kier alpha value is -1.10. The predicted molar refractivity (Wildman–Crippen MR) is 72.1 cm³/mol. The van der Waals surface area contributed by atoms with Gasteiger partial charge in [-0.2, -0.15) is 0 Å². The van der Waals surface area contributed by atoms with Crippen molar-refractivity contribution in [2.75, 3.05) is 20.3 Å². The second-order valence-corrected chi connectivity index (χ2v) is 5.86. The Kier molecular flexibility index (Phi) is 3.04. The fourth-order valence-electron chi connectivity index (χ4n) is 3.34. The van der Waals surface area contributed by atoms with Crippen LogP contribution < -0.4 is 10.5 Å². The molecule has 0 radical (unpaired) electrons. The maximum Gasteiger partial charge on any atom is 0.122 e. The predicted octanol–water partition coefficient (Wildman–Crippen LogP) is 1.11. The molecule has 1 aliphatic heterocycles. The fourth-order valence-corrected chi connectivity index (χ4v) is 3.34. The van der Waals surface area contributed by atoms with E-state index in [-0.39, 0.29) is 6.10 Å². The fraction of sp³-hybridized carbons (Fsp3) is 0.600. The van der Waals surface area contributed by atoms with E-state index in [2.05, 4.69) is 6.07 Å². The van der Waals surface area contributed by atoms with Gasteiger partial charge in [0, 0.05) is 31.9 Å². The van der Waals surface area contributed by atoms with Crippen molar-refractivity contribution in [2.24, 2.45) is 11.1 Å². The van der Waals surface area contributed by atoms with Gasteiger partial charge in [0.05, 0.1) is 18.3 Å². The number of benzene rings is 1. The smallest absolute Gasteiger partial charge is 0.122 e. The number of para-hydroxylation sites is 1. The van der Waals surface area contributed by atoms with Gasteiger partial charge >= 0.3 is 0 Å². The first-order valence-electron chi connectivity index (χ1n) is 6.78. The minimum absolute atomic E-state index is 0.144. The zero-order chi connectivity index (χ0) is 13.5. The summed E-state index contributed by atoms with van der Waals surface area (Å²) in [6.07, 6.45) is 2.20. The molecule has 1 saturated carbocycles. The van der Waals surface area contributed by atoms with E-state index in [0.29, 0.717) is 26.0 Å². The molecule has 1 aromatic rings. The molecule has 1 aliphatic carbocycles. The summed E-state index contributed by atoms with van der Waals surface area (Å²) < 4.78 is 11.1. The van der Waals surface area contributed by atoms with E-state index in [1.807, 2.05) is 18.2 Å². The molecule has 1 fully saturated rings. The molecule has 0 saturated heterocycles. The lowest BCUT2D eigenvalue weighted by Crippen LogP contribution is -2.65. The third kappa shape index (κ3) is 1.86. The summed E-state index contributed by atoms with van der Waals surface area (Å²) in [4.78, 5) is 0. The van der Waals surface area contributed by atoms with Crippen LogP contribution in [0.15, 0.2) is 24.3 Å². The maximum atomic E-state index is 10.9. The standard InChI is InChI=1S/C15H21NO3/c1-18-12-7-15(17,8-12)14(9-16)6-11-4-2-3-5-13(11)19-10-14/h2-5,12,17H,6-10,16H2,1H3. The summed E-state index contributed by atoms with van der Waals surface area (Å²) in [7, 11) is 1.69. The van der Waals surface area contributed by atoms with E-state index >= 15 is 0 Å². The molecule has 1 atom stereocenters. The van der Waals surface area contributed by atoms with Crippen LogP contribution in [0, 0.1) is 5.41 Å². The highest BCUT2D eigenvalue weighted by Crippen LogP contribution is 2.51. The van der Waals surface area contributed by atoms with E-state index in [4.69, 9.17) is 15.2 Å². The molecule has 2 aliphatic rings. The van der Waals surface area contributed by atoms with Gasteiger partial charge in [-0.1, -0.05) is 18.2 Å². The number of nitrogens with two attached hydrogens (primary N) is 1. The van der Waals surface area contributed by atoms with Gasteiger partial charge in [0.15, 0.2) is 0 Å². The number of hydrogen-bond acceptors (Lipinski definition) is 4. The Bertz CT molecular complexity index is 470. The van der Waals surface area contributed by atoms with Gasteiger partial charge in [-0.05, 0) is 18.1 Å². The Morgan fingerprint density at radius 2 is 2.16 bits per heavy atom. The third-order valence-electron chi connectivity index (χ3n) is 4.85. The van der Waals surface area contributed by atoms with Crippen molar-refractivity contribution in [1.82, 2.24) is 0 Å². The lowest BCUT2D eigenvalue weighted by molar-refractivity contribution is -0.205. The van der Waals surface area contributed by atoms with Crippen LogP contribution in [0.3, 0.4) is 0 Å². The van der Waals surface area contributed by atoms with Gasteiger partial charge < -0.3 is 20.3 Å². The highest BCUT2D eigenvalue weighted by atomic mass is 16.5. The van der Waals surface area contributed by atoms with Crippen LogP contribution in [0.1, 0.15) is 18.4 Å². The molecule has 1 aromatic carbocycles. The number of methoxy groups -OCH3 is 1. The monoisotopic (exact) mass is 263 g/mol. The average molecular weight is 263 g/mol. The summed E-state index contributed by atoms with van der Waals surface area (Å²) in [5.74, 6) is 0.915. The molecule has 1 heterocycles. The summed E-state index contributed by atoms with van der Waals surface area (Å²) >= 11 is 0. The Labute approximate surface area is 113 Å². The summed E-state index contributed by atoms with van der Waals surface area (Å²) in [6, 6.07) is 7.98. The van der Waals surface area contributed by atoms with Gasteiger partial charge in [-0.25, -0.2) is 0 Å². The number of aliphatic hydroxyl groups is 1. The van der Waals surface area contributed by atoms with Crippen LogP contribution in [-0.2, 0) is 11.2 Å². The van der Waals surface area contributed by atoms with E-state index in [1.54, 1.807) is 7.11 Å². The van der Waals surface area contributed by atoms with Gasteiger partial charge in [0.1, 0.15) is 5.75 Å². The summed E-state index contributed by atoms with van der Waals surface area (Å²) in [5.41, 5.74) is 5.97. The first kappa shape index (κ1) is 12.9. The van der Waals surface area contributed by atoms with Crippen molar-refractivity contribution in [3.8, 4) is 5.75 Å². The highest BCUT2D eigenvalue weighted by Gasteiger charge is 2.58. The Morgan fingerprint density at radius 3 is 2.84 bits per heavy atom. The van der Waals surface area contributed by atoms with E-state index in [9.17, 15) is 5.11 Å².